The minimum atomic E-state index is -0.0541. The number of imidazole rings is 1. The Morgan fingerprint density at radius 1 is 0.440 bits per heavy atom. The topological polar surface area (TPSA) is 62.1 Å². The van der Waals surface area contributed by atoms with E-state index < -0.39 is 0 Å². The lowest BCUT2D eigenvalue weighted by Gasteiger charge is -2.42. The monoisotopic (exact) mass is 1180 g/mol. The molecule has 0 radical (unpaired) electrons. The van der Waals surface area contributed by atoms with Gasteiger partial charge in [-0.25, -0.2) is 4.98 Å². The molecule has 0 fully saturated rings. The zero-order valence-electron chi connectivity index (χ0n) is 51.9. The SMILES string of the molecule is CC(C)(C)c1ccnc(-n2c3ccccc3c3ccc(Oc4cccc(-n5[c-][n+]6c7c(cc(-c8ccc9oc%10ccccc%10c9c8)cc75)-c5ccccc5-c5cc7c(cc5-c5cccc(-c8ccc9oc%10ccccc%10c9c8)c5-6)C(C)(C)CCC7(C)C)c4)cc32)c1. The number of fused-ring (bicyclic) bond motifs is 17. The van der Waals surface area contributed by atoms with Gasteiger partial charge in [0.1, 0.15) is 39.6 Å². The number of nitrogens with zero attached hydrogens (tertiary/aromatic N) is 4. The summed E-state index contributed by atoms with van der Waals surface area (Å²) in [5.74, 6) is 2.28. The Labute approximate surface area is 527 Å². The van der Waals surface area contributed by atoms with Gasteiger partial charge < -0.3 is 13.6 Å². The van der Waals surface area contributed by atoms with E-state index in [-0.39, 0.29) is 16.2 Å². The van der Waals surface area contributed by atoms with Crippen molar-refractivity contribution >= 4 is 76.7 Å². The van der Waals surface area contributed by atoms with Crippen LogP contribution in [-0.2, 0) is 16.2 Å². The first kappa shape index (κ1) is 53.3. The molecule has 0 amide bonds. The average molecular weight is 1180 g/mol. The third kappa shape index (κ3) is 8.26. The normalized spacial score (nSPS) is 14.2. The minimum Gasteiger partial charge on any atom is -0.458 e. The molecule has 11 aromatic carbocycles. The van der Waals surface area contributed by atoms with E-state index in [1.54, 1.807) is 0 Å². The Kier molecular flexibility index (Phi) is 11.3. The molecule has 2 aliphatic rings. The van der Waals surface area contributed by atoms with Gasteiger partial charge in [0.2, 0.25) is 0 Å². The van der Waals surface area contributed by atoms with Gasteiger partial charge in [0.25, 0.3) is 6.33 Å². The van der Waals surface area contributed by atoms with E-state index in [1.165, 1.54) is 33.4 Å². The number of benzene rings is 11. The summed E-state index contributed by atoms with van der Waals surface area (Å²) in [5.41, 5.74) is 24.7. The van der Waals surface area contributed by atoms with Gasteiger partial charge in [-0.2, -0.15) is 0 Å². The van der Waals surface area contributed by atoms with Crippen LogP contribution in [0, 0.1) is 6.33 Å². The largest absolute Gasteiger partial charge is 0.458 e. The summed E-state index contributed by atoms with van der Waals surface area (Å²) in [4.78, 5) is 4.98. The van der Waals surface area contributed by atoms with Crippen molar-refractivity contribution in [2.45, 2.75) is 77.6 Å². The van der Waals surface area contributed by atoms with Crippen LogP contribution in [0.25, 0.3) is 150 Å². The van der Waals surface area contributed by atoms with Crippen molar-refractivity contribution in [2.75, 3.05) is 0 Å². The van der Waals surface area contributed by atoms with Crippen LogP contribution >= 0.6 is 0 Å². The summed E-state index contributed by atoms with van der Waals surface area (Å²) in [7, 11) is 0. The average Bonchev–Trinajstić information content (AvgIpc) is 1.67. The van der Waals surface area contributed by atoms with Gasteiger partial charge in [-0.15, -0.1) is 0 Å². The van der Waals surface area contributed by atoms with E-state index in [9.17, 15) is 0 Å². The van der Waals surface area contributed by atoms with E-state index in [0.29, 0.717) is 5.75 Å². The first-order valence-electron chi connectivity index (χ1n) is 31.8. The molecule has 16 aromatic rings. The van der Waals surface area contributed by atoms with E-state index >= 15 is 0 Å². The summed E-state index contributed by atoms with van der Waals surface area (Å²) in [6.45, 7) is 16.5. The van der Waals surface area contributed by atoms with E-state index in [2.05, 4.69) is 287 Å². The minimum absolute atomic E-state index is 0.0322. The van der Waals surface area contributed by atoms with Crippen molar-refractivity contribution in [1.29, 1.82) is 0 Å². The van der Waals surface area contributed by atoms with Crippen LogP contribution in [-0.4, -0.2) is 14.1 Å². The zero-order valence-corrected chi connectivity index (χ0v) is 51.9. The summed E-state index contributed by atoms with van der Waals surface area (Å²) in [5, 5.41) is 6.62. The van der Waals surface area contributed by atoms with Crippen molar-refractivity contribution < 1.29 is 18.1 Å². The van der Waals surface area contributed by atoms with Crippen LogP contribution in [0.2, 0.25) is 0 Å². The molecular formula is C84H64N4O3. The standard InChI is InChI=1S/C84H64N4O3/c1-82(2,3)53-36-39-85-79(44-53)88-72-27-13-10-22-60(72)61-33-32-56(46-73(61)88)89-55-19-16-18-54(45-55)86-49-87-80-57(51-31-35-78-68(41-51)63-24-12-15-29-76(63)91-78)25-17-26-64(80)66-48-71-70(83(4,5)37-38-84(71,6)7)47-65(66)58-20-8-9-21-59(58)69-42-52(43-74(86)81(69)87)50-30-34-77-67(40-50)62-23-11-14-28-75(62)90-77/h8-36,39-48H,37-38H2,1-7H3. The van der Waals surface area contributed by atoms with Crippen LogP contribution in [0.5, 0.6) is 11.5 Å². The Balaban J connectivity index is 0.905. The number of hydrogen-bond donors (Lipinski definition) is 0. The van der Waals surface area contributed by atoms with Crippen molar-refractivity contribution in [2.24, 2.45) is 0 Å². The van der Waals surface area contributed by atoms with Crippen molar-refractivity contribution in [1.82, 2.24) is 14.1 Å². The molecule has 0 saturated carbocycles. The molecule has 7 heteroatoms. The summed E-state index contributed by atoms with van der Waals surface area (Å²) >= 11 is 0. The number of hydrogen-bond acceptors (Lipinski definition) is 4. The summed E-state index contributed by atoms with van der Waals surface area (Å²) < 4.78 is 26.9. The summed E-state index contributed by atoms with van der Waals surface area (Å²) in [6, 6.07) is 83.8. The highest BCUT2D eigenvalue weighted by molar-refractivity contribution is 6.11. The number of ether oxygens (including phenoxy) is 1. The maximum Gasteiger partial charge on any atom is 0.269 e. The molecule has 0 unspecified atom stereocenters. The second-order valence-electron chi connectivity index (χ2n) is 27.5. The van der Waals surface area contributed by atoms with Crippen LogP contribution in [0.1, 0.15) is 78.0 Å². The van der Waals surface area contributed by atoms with Gasteiger partial charge in [-0.05, 0) is 198 Å². The molecule has 0 atom stereocenters. The fraction of sp³-hybridized carbons (Fsp3) is 0.143. The third-order valence-electron chi connectivity index (χ3n) is 20.0. The Hall–Kier alpha value is -10.8. The van der Waals surface area contributed by atoms with Gasteiger partial charge >= 0.3 is 0 Å². The molecule has 0 N–H and O–H groups in total. The Bertz CT molecular complexity index is 5760. The van der Waals surface area contributed by atoms with Crippen LogP contribution < -0.4 is 9.30 Å². The fourth-order valence-corrected chi connectivity index (χ4v) is 15.1. The molecule has 0 saturated heterocycles. The van der Waals surface area contributed by atoms with Crippen LogP contribution in [0.3, 0.4) is 0 Å². The van der Waals surface area contributed by atoms with Crippen molar-refractivity contribution in [3.8, 4) is 84.3 Å². The van der Waals surface area contributed by atoms with Gasteiger partial charge in [0, 0.05) is 44.6 Å². The van der Waals surface area contributed by atoms with Gasteiger partial charge in [0.15, 0.2) is 0 Å². The van der Waals surface area contributed by atoms with E-state index in [4.69, 9.17) is 18.6 Å². The molecule has 18 rings (SSSR count). The number of pyridine rings is 1. The second kappa shape index (κ2) is 19.4. The van der Waals surface area contributed by atoms with E-state index in [0.717, 1.165) is 151 Å². The van der Waals surface area contributed by atoms with Gasteiger partial charge in [-0.1, -0.05) is 176 Å². The Morgan fingerprint density at radius 3 is 1.75 bits per heavy atom. The molecule has 438 valence electrons. The fourth-order valence-electron chi connectivity index (χ4n) is 15.1. The number of furan rings is 2. The quantitative estimate of drug-likeness (QED) is 0.123. The highest BCUT2D eigenvalue weighted by Crippen LogP contribution is 2.53. The predicted molar refractivity (Wildman–Crippen MR) is 372 cm³/mol. The van der Waals surface area contributed by atoms with Crippen LogP contribution in [0.4, 0.5) is 0 Å². The molecule has 1 aliphatic carbocycles. The summed E-state index contributed by atoms with van der Waals surface area (Å²) in [6.07, 6.45) is 8.29. The van der Waals surface area contributed by atoms with E-state index in [1.807, 2.05) is 18.3 Å². The highest BCUT2D eigenvalue weighted by atomic mass is 16.5. The van der Waals surface area contributed by atoms with Crippen LogP contribution in [0.15, 0.2) is 246 Å². The number of aromatic nitrogens is 4. The zero-order chi connectivity index (χ0) is 61.2. The molecule has 0 bridgehead atoms. The lowest BCUT2D eigenvalue weighted by Crippen LogP contribution is -2.34. The number of para-hydroxylation sites is 4. The molecule has 0 spiro atoms. The molecule has 1 aliphatic heterocycles. The molecule has 91 heavy (non-hydrogen) atoms. The predicted octanol–water partition coefficient (Wildman–Crippen LogP) is 22.1. The number of rotatable bonds is 6. The first-order valence-corrected chi connectivity index (χ1v) is 31.8. The van der Waals surface area contributed by atoms with Gasteiger partial charge in [0.05, 0.1) is 33.4 Å². The smallest absolute Gasteiger partial charge is 0.269 e. The highest BCUT2D eigenvalue weighted by Gasteiger charge is 2.39. The van der Waals surface area contributed by atoms with Crippen molar-refractivity contribution in [3.05, 3.63) is 260 Å². The lowest BCUT2D eigenvalue weighted by molar-refractivity contribution is -0.570. The molecule has 5 aromatic heterocycles. The lowest BCUT2D eigenvalue weighted by atomic mass is 9.62. The maximum absolute atomic E-state index is 7.08. The second-order valence-corrected chi connectivity index (χ2v) is 27.5. The van der Waals surface area contributed by atoms with Gasteiger partial charge in [-0.3, -0.25) is 13.7 Å². The first-order chi connectivity index (χ1) is 44.2. The maximum atomic E-state index is 7.08. The molecular weight excluding hydrogens is 1110 g/mol. The molecule has 6 heterocycles. The molecule has 7 nitrogen and oxygen atoms in total. The Morgan fingerprint density at radius 2 is 1.02 bits per heavy atom. The third-order valence-corrected chi connectivity index (χ3v) is 20.0. The van der Waals surface area contributed by atoms with Crippen molar-refractivity contribution in [3.63, 3.8) is 0 Å².